The molecule has 0 fully saturated rings. The summed E-state index contributed by atoms with van der Waals surface area (Å²) in [5.41, 5.74) is 1.86. The van der Waals surface area contributed by atoms with Crippen LogP contribution in [-0.4, -0.2) is 18.6 Å². The highest BCUT2D eigenvalue weighted by Gasteiger charge is 2.02. The number of nitrogens with zero attached hydrogens (tertiary/aromatic N) is 1. The fraction of sp³-hybridized carbons (Fsp3) is 0.333. The third-order valence-corrected chi connectivity index (χ3v) is 1.93. The van der Waals surface area contributed by atoms with E-state index >= 15 is 0 Å². The van der Waals surface area contributed by atoms with Crippen LogP contribution in [0.4, 0.5) is 0 Å². The first-order valence-corrected chi connectivity index (χ1v) is 4.97. The Morgan fingerprint density at radius 2 is 2.07 bits per heavy atom. The molecular formula is C12H15NO2. The zero-order chi connectivity index (χ0) is 11.1. The molecule has 0 N–H and O–H groups in total. The van der Waals surface area contributed by atoms with Crippen molar-refractivity contribution < 1.29 is 9.63 Å². The normalized spacial score (nSPS) is 10.5. The Morgan fingerprint density at radius 3 is 2.67 bits per heavy atom. The van der Waals surface area contributed by atoms with Crippen LogP contribution in [0.1, 0.15) is 29.3 Å². The van der Waals surface area contributed by atoms with E-state index in [1.54, 1.807) is 0 Å². The molecule has 0 spiro atoms. The summed E-state index contributed by atoms with van der Waals surface area (Å²) in [5, 5.41) is 3.63. The third-order valence-electron chi connectivity index (χ3n) is 1.93. The predicted molar refractivity (Wildman–Crippen MR) is 60.2 cm³/mol. The molecule has 0 aliphatic rings. The number of carbonyl (C=O) groups is 1. The van der Waals surface area contributed by atoms with Gasteiger partial charge in [0.1, 0.15) is 6.61 Å². The second-order valence-corrected chi connectivity index (χ2v) is 3.20. The zero-order valence-electron chi connectivity index (χ0n) is 9.06. The van der Waals surface area contributed by atoms with Crippen molar-refractivity contribution in [1.82, 2.24) is 0 Å². The minimum Gasteiger partial charge on any atom is -0.396 e. The van der Waals surface area contributed by atoms with Gasteiger partial charge in [0, 0.05) is 12.0 Å². The Kier molecular flexibility index (Phi) is 4.54. The van der Waals surface area contributed by atoms with Crippen LogP contribution < -0.4 is 0 Å². The maximum atomic E-state index is 11.6. The summed E-state index contributed by atoms with van der Waals surface area (Å²) in [6.07, 6.45) is 1.77. The highest BCUT2D eigenvalue weighted by atomic mass is 16.6. The first kappa shape index (κ1) is 11.4. The molecule has 1 aromatic carbocycles. The number of hydrogen-bond acceptors (Lipinski definition) is 3. The van der Waals surface area contributed by atoms with E-state index < -0.39 is 0 Å². The van der Waals surface area contributed by atoms with Gasteiger partial charge in [0.2, 0.25) is 0 Å². The number of rotatable bonds is 5. The number of Topliss-reactive ketones (excluding diaryl/α,β-unsaturated/α-hetero) is 1. The fourth-order valence-electron chi connectivity index (χ4n) is 1.10. The molecule has 0 saturated carbocycles. The quantitative estimate of drug-likeness (QED) is 0.421. The van der Waals surface area contributed by atoms with Crippen LogP contribution in [0.3, 0.4) is 0 Å². The summed E-state index contributed by atoms with van der Waals surface area (Å²) in [6.45, 7) is 4.36. The van der Waals surface area contributed by atoms with Gasteiger partial charge < -0.3 is 4.84 Å². The van der Waals surface area contributed by atoms with E-state index in [9.17, 15) is 4.79 Å². The maximum absolute atomic E-state index is 11.6. The Hall–Kier alpha value is -1.64. The van der Waals surface area contributed by atoms with Crippen LogP contribution in [0, 0.1) is 6.92 Å². The van der Waals surface area contributed by atoms with Crippen LogP contribution >= 0.6 is 0 Å². The van der Waals surface area contributed by atoms with E-state index in [1.807, 2.05) is 38.1 Å². The monoisotopic (exact) mass is 205 g/mol. The minimum absolute atomic E-state index is 0.0541. The largest absolute Gasteiger partial charge is 0.396 e. The number of ketones is 1. The molecule has 15 heavy (non-hydrogen) atoms. The molecule has 3 nitrogen and oxygen atoms in total. The first-order chi connectivity index (χ1) is 7.24. The van der Waals surface area contributed by atoms with Crippen molar-refractivity contribution in [1.29, 1.82) is 0 Å². The molecule has 0 aromatic heterocycles. The number of aryl methyl sites for hydroxylation is 1. The van der Waals surface area contributed by atoms with Crippen LogP contribution in [0.15, 0.2) is 29.4 Å². The summed E-state index contributed by atoms with van der Waals surface area (Å²) in [4.78, 5) is 16.3. The van der Waals surface area contributed by atoms with Gasteiger partial charge >= 0.3 is 0 Å². The van der Waals surface area contributed by atoms with Crippen molar-refractivity contribution in [3.63, 3.8) is 0 Å². The smallest absolute Gasteiger partial charge is 0.168 e. The molecule has 0 aliphatic carbocycles. The molecule has 0 saturated heterocycles. The summed E-state index contributed by atoms with van der Waals surface area (Å²) in [5.74, 6) is 0.0541. The summed E-state index contributed by atoms with van der Waals surface area (Å²) < 4.78 is 0. The molecule has 0 bridgehead atoms. The highest BCUT2D eigenvalue weighted by Crippen LogP contribution is 2.05. The maximum Gasteiger partial charge on any atom is 0.168 e. The van der Waals surface area contributed by atoms with Crippen LogP contribution in [0.5, 0.6) is 0 Å². The van der Waals surface area contributed by atoms with Gasteiger partial charge in [0.05, 0.1) is 6.21 Å². The lowest BCUT2D eigenvalue weighted by molar-refractivity contribution is 0.0998. The second-order valence-electron chi connectivity index (χ2n) is 3.20. The topological polar surface area (TPSA) is 38.7 Å². The zero-order valence-corrected chi connectivity index (χ0v) is 9.06. The van der Waals surface area contributed by atoms with Gasteiger partial charge in [-0.25, -0.2) is 0 Å². The van der Waals surface area contributed by atoms with Gasteiger partial charge in [-0.3, -0.25) is 4.79 Å². The van der Waals surface area contributed by atoms with Crippen molar-refractivity contribution in [3.8, 4) is 0 Å². The van der Waals surface area contributed by atoms with E-state index in [-0.39, 0.29) is 12.2 Å². The standard InChI is InChI=1S/C12H15NO2/c1-3-15-13-9-8-12(14)11-6-4-10(2)5-7-11/h4-7,9H,3,8H2,1-2H3. The van der Waals surface area contributed by atoms with Crippen molar-refractivity contribution in [3.05, 3.63) is 35.4 Å². The molecule has 3 heteroatoms. The Labute approximate surface area is 89.7 Å². The first-order valence-electron chi connectivity index (χ1n) is 4.97. The van der Waals surface area contributed by atoms with Crippen LogP contribution in [-0.2, 0) is 4.84 Å². The van der Waals surface area contributed by atoms with E-state index in [4.69, 9.17) is 4.84 Å². The lowest BCUT2D eigenvalue weighted by Crippen LogP contribution is -1.99. The van der Waals surface area contributed by atoms with E-state index in [0.29, 0.717) is 12.2 Å². The minimum atomic E-state index is 0.0541. The molecule has 80 valence electrons. The average Bonchev–Trinajstić information content (AvgIpc) is 2.25. The van der Waals surface area contributed by atoms with Gasteiger partial charge in [-0.15, -0.1) is 0 Å². The summed E-state index contributed by atoms with van der Waals surface area (Å²) >= 11 is 0. The summed E-state index contributed by atoms with van der Waals surface area (Å²) in [6, 6.07) is 7.50. The molecule has 0 aliphatic heterocycles. The average molecular weight is 205 g/mol. The molecule has 0 radical (unpaired) electrons. The highest BCUT2D eigenvalue weighted by molar-refractivity contribution is 6.03. The Bertz CT molecular complexity index is 341. The molecular weight excluding hydrogens is 190 g/mol. The van der Waals surface area contributed by atoms with Crippen LogP contribution in [0.2, 0.25) is 0 Å². The van der Waals surface area contributed by atoms with E-state index in [1.165, 1.54) is 6.21 Å². The number of benzene rings is 1. The molecule has 0 unspecified atom stereocenters. The third kappa shape index (κ3) is 3.94. The molecule has 0 heterocycles. The lowest BCUT2D eigenvalue weighted by atomic mass is 10.1. The number of carbonyl (C=O) groups excluding carboxylic acids is 1. The van der Waals surface area contributed by atoms with E-state index in [0.717, 1.165) is 5.56 Å². The predicted octanol–water partition coefficient (Wildman–Crippen LogP) is 2.59. The Balaban J connectivity index is 2.50. The lowest BCUT2D eigenvalue weighted by Gasteiger charge is -1.98. The molecule has 0 amide bonds. The molecule has 0 atom stereocenters. The van der Waals surface area contributed by atoms with Gasteiger partial charge in [0.25, 0.3) is 0 Å². The fourth-order valence-corrected chi connectivity index (χ4v) is 1.10. The Morgan fingerprint density at radius 1 is 1.40 bits per heavy atom. The molecule has 1 aromatic rings. The number of hydrogen-bond donors (Lipinski definition) is 0. The van der Waals surface area contributed by atoms with Gasteiger partial charge in [0.15, 0.2) is 5.78 Å². The van der Waals surface area contributed by atoms with Crippen molar-refractivity contribution in [2.75, 3.05) is 6.61 Å². The van der Waals surface area contributed by atoms with Crippen molar-refractivity contribution >= 4 is 12.0 Å². The number of oxime groups is 1. The summed E-state index contributed by atoms with van der Waals surface area (Å²) in [7, 11) is 0. The van der Waals surface area contributed by atoms with Crippen molar-refractivity contribution in [2.45, 2.75) is 20.3 Å². The van der Waals surface area contributed by atoms with Gasteiger partial charge in [-0.1, -0.05) is 35.0 Å². The van der Waals surface area contributed by atoms with Gasteiger partial charge in [-0.05, 0) is 13.8 Å². The SMILES string of the molecule is CCON=CCC(=O)c1ccc(C)cc1. The van der Waals surface area contributed by atoms with E-state index in [2.05, 4.69) is 5.16 Å². The van der Waals surface area contributed by atoms with Crippen molar-refractivity contribution in [2.24, 2.45) is 5.16 Å². The van der Waals surface area contributed by atoms with Crippen LogP contribution in [0.25, 0.3) is 0 Å². The molecule has 1 rings (SSSR count). The van der Waals surface area contributed by atoms with Gasteiger partial charge in [-0.2, -0.15) is 0 Å². The second kappa shape index (κ2) is 5.96.